The predicted molar refractivity (Wildman–Crippen MR) is 81.6 cm³/mol. The van der Waals surface area contributed by atoms with Gasteiger partial charge in [-0.3, -0.25) is 0 Å². The molecule has 6 heteroatoms. The molecule has 0 saturated carbocycles. The third-order valence-electron chi connectivity index (χ3n) is 2.44. The number of carbonyl (C=O) groups excluding carboxylic acids is 1. The first kappa shape index (κ1) is 18.3. The largest absolute Gasteiger partial charge is 0.462 e. The third-order valence-corrected chi connectivity index (χ3v) is 5.06. The van der Waals surface area contributed by atoms with Crippen molar-refractivity contribution in [1.82, 2.24) is 0 Å². The Labute approximate surface area is 125 Å². The topological polar surface area (TPSA) is 26.3 Å². The van der Waals surface area contributed by atoms with Crippen molar-refractivity contribution in [1.29, 1.82) is 0 Å². The van der Waals surface area contributed by atoms with Crippen molar-refractivity contribution in [2.75, 3.05) is 6.61 Å². The molecule has 0 unspecified atom stereocenters. The molecule has 0 aromatic carbocycles. The first-order valence-corrected chi connectivity index (χ1v) is 11.5. The van der Waals surface area contributed by atoms with E-state index in [1.807, 2.05) is 0 Å². The molecule has 0 fully saturated rings. The van der Waals surface area contributed by atoms with Crippen LogP contribution in [0.25, 0.3) is 0 Å². The van der Waals surface area contributed by atoms with E-state index in [4.69, 9.17) is 38.0 Å². The molecule has 0 aromatic rings. The van der Waals surface area contributed by atoms with Crippen molar-refractivity contribution in [2.24, 2.45) is 0 Å². The monoisotopic (exact) mass is 330 g/mol. The number of carbonyl (C=O) groups is 1. The molecule has 0 aliphatic heterocycles. The summed E-state index contributed by atoms with van der Waals surface area (Å²) in [6.45, 7) is 5.65. The van der Waals surface area contributed by atoms with Gasteiger partial charge in [0.1, 0.15) is 0 Å². The summed E-state index contributed by atoms with van der Waals surface area (Å²) in [4.78, 5) is 11.1. The Kier molecular flexibility index (Phi) is 10.3. The Bertz CT molecular complexity index is 265. The van der Waals surface area contributed by atoms with E-state index in [1.165, 1.54) is 0 Å². The Morgan fingerprint density at radius 1 is 1.06 bits per heavy atom. The van der Waals surface area contributed by atoms with Crippen molar-refractivity contribution in [2.45, 2.75) is 51.5 Å². The van der Waals surface area contributed by atoms with E-state index < -0.39 is 6.00 Å². The number of hydrogen-bond donors (Lipinski definition) is 0. The summed E-state index contributed by atoms with van der Waals surface area (Å²) in [7, 11) is 0. The van der Waals surface area contributed by atoms with Crippen molar-refractivity contribution >= 4 is 45.2 Å². The number of hydrogen-bond acceptors (Lipinski definition) is 2. The third kappa shape index (κ3) is 12.7. The Balaban J connectivity index is 3.22. The maximum Gasteiger partial charge on any atom is 0.341 e. The predicted octanol–water partition coefficient (Wildman–Crippen LogP) is 5.10. The first-order valence-electron chi connectivity index (χ1n) is 6.22. The quantitative estimate of drug-likeness (QED) is 0.183. The molecule has 0 rings (SSSR count). The van der Waals surface area contributed by atoms with E-state index in [-0.39, 0.29) is 5.97 Å². The molecule has 0 aromatic heterocycles. The maximum atomic E-state index is 11.1. The Morgan fingerprint density at radius 3 is 2.06 bits per heavy atom. The van der Waals surface area contributed by atoms with Crippen LogP contribution in [0.3, 0.4) is 0 Å². The molecular formula is C12H21Cl3O2Si. The summed E-state index contributed by atoms with van der Waals surface area (Å²) in [6.07, 6.45) is 6.34. The van der Waals surface area contributed by atoms with Crippen LogP contribution in [-0.2, 0) is 9.53 Å². The van der Waals surface area contributed by atoms with Gasteiger partial charge in [-0.1, -0.05) is 38.7 Å². The summed E-state index contributed by atoms with van der Waals surface area (Å²) in [6, 6.07) is -1.67. The standard InChI is InChI=1S/C12H21Cl3O2Si/c1-11(2)12(16)17-9-7-5-3-4-6-8-10-18(13,14)15/h1,3-10H2,2H3. The van der Waals surface area contributed by atoms with Gasteiger partial charge >= 0.3 is 12.0 Å². The van der Waals surface area contributed by atoms with Crippen LogP contribution >= 0.6 is 33.2 Å². The zero-order chi connectivity index (χ0) is 14.0. The number of esters is 1. The van der Waals surface area contributed by atoms with E-state index in [9.17, 15) is 4.79 Å². The average Bonchev–Trinajstić information content (AvgIpc) is 2.24. The molecule has 0 amide bonds. The second-order valence-electron chi connectivity index (χ2n) is 4.40. The number of halogens is 3. The number of ether oxygens (including phenoxy) is 1. The summed E-state index contributed by atoms with van der Waals surface area (Å²) < 4.78 is 4.99. The van der Waals surface area contributed by atoms with Gasteiger partial charge in [0.2, 0.25) is 0 Å². The van der Waals surface area contributed by atoms with E-state index in [1.54, 1.807) is 6.92 Å². The lowest BCUT2D eigenvalue weighted by Crippen LogP contribution is -2.07. The molecule has 0 atom stereocenters. The Hall–Kier alpha value is 0.297. The zero-order valence-corrected chi connectivity index (χ0v) is 14.1. The molecular weight excluding hydrogens is 311 g/mol. The highest BCUT2D eigenvalue weighted by molar-refractivity contribution is 7.64. The summed E-state index contributed by atoms with van der Waals surface area (Å²) in [5.74, 6) is -0.303. The van der Waals surface area contributed by atoms with E-state index >= 15 is 0 Å². The highest BCUT2D eigenvalue weighted by atomic mass is 35.8. The van der Waals surface area contributed by atoms with Crippen molar-refractivity contribution < 1.29 is 9.53 Å². The molecule has 106 valence electrons. The Morgan fingerprint density at radius 2 is 1.56 bits per heavy atom. The fourth-order valence-corrected chi connectivity index (χ4v) is 3.28. The SMILES string of the molecule is C=C(C)C(=O)OCCCCCCCC[Si](Cl)(Cl)Cl. The molecule has 0 bridgehead atoms. The molecule has 0 aliphatic rings. The maximum absolute atomic E-state index is 11.1. The van der Waals surface area contributed by atoms with E-state index in [2.05, 4.69) is 6.58 Å². The molecule has 0 heterocycles. The molecule has 0 saturated heterocycles. The molecule has 0 spiro atoms. The van der Waals surface area contributed by atoms with Crippen LogP contribution in [0.1, 0.15) is 45.4 Å². The van der Waals surface area contributed by atoms with Crippen LogP contribution in [0, 0.1) is 0 Å². The summed E-state index contributed by atoms with van der Waals surface area (Å²) >= 11 is 17.4. The minimum Gasteiger partial charge on any atom is -0.462 e. The van der Waals surface area contributed by atoms with Crippen molar-refractivity contribution in [3.05, 3.63) is 12.2 Å². The fourth-order valence-electron chi connectivity index (χ4n) is 1.42. The second-order valence-corrected chi connectivity index (χ2v) is 13.7. The van der Waals surface area contributed by atoms with Crippen molar-refractivity contribution in [3.63, 3.8) is 0 Å². The lowest BCUT2D eigenvalue weighted by atomic mass is 10.1. The van der Waals surface area contributed by atoms with E-state index in [0.29, 0.717) is 12.2 Å². The minimum atomic E-state index is -2.41. The van der Waals surface area contributed by atoms with Gasteiger partial charge in [0.15, 0.2) is 0 Å². The van der Waals surface area contributed by atoms with Gasteiger partial charge in [-0.05, 0) is 19.4 Å². The van der Waals surface area contributed by atoms with Gasteiger partial charge in [-0.2, -0.15) is 0 Å². The first-order chi connectivity index (χ1) is 8.33. The minimum absolute atomic E-state index is 0.303. The average molecular weight is 332 g/mol. The fraction of sp³-hybridized carbons (Fsp3) is 0.750. The van der Waals surface area contributed by atoms with E-state index in [0.717, 1.165) is 44.6 Å². The van der Waals surface area contributed by atoms with Gasteiger partial charge < -0.3 is 4.74 Å². The molecule has 18 heavy (non-hydrogen) atoms. The summed E-state index contributed by atoms with van der Waals surface area (Å²) in [5, 5.41) is 0. The van der Waals surface area contributed by atoms with Gasteiger partial charge in [0.25, 0.3) is 0 Å². The van der Waals surface area contributed by atoms with Gasteiger partial charge in [-0.25, -0.2) is 4.79 Å². The van der Waals surface area contributed by atoms with Gasteiger partial charge in [-0.15, -0.1) is 33.2 Å². The summed E-state index contributed by atoms with van der Waals surface area (Å²) in [5.41, 5.74) is 0.450. The smallest absolute Gasteiger partial charge is 0.341 e. The zero-order valence-electron chi connectivity index (χ0n) is 10.8. The van der Waals surface area contributed by atoms with Crippen LogP contribution in [0.5, 0.6) is 0 Å². The van der Waals surface area contributed by atoms with Crippen LogP contribution in [0.15, 0.2) is 12.2 Å². The van der Waals surface area contributed by atoms with Gasteiger partial charge in [0.05, 0.1) is 6.61 Å². The van der Waals surface area contributed by atoms with Crippen molar-refractivity contribution in [3.8, 4) is 0 Å². The van der Waals surface area contributed by atoms with Crippen LogP contribution in [0.4, 0.5) is 0 Å². The molecule has 0 aliphatic carbocycles. The second kappa shape index (κ2) is 10.1. The lowest BCUT2D eigenvalue weighted by molar-refractivity contribution is -0.139. The molecule has 0 N–H and O–H groups in total. The number of unbranched alkanes of at least 4 members (excludes halogenated alkanes) is 5. The molecule has 0 radical (unpaired) electrons. The highest BCUT2D eigenvalue weighted by Gasteiger charge is 2.23. The van der Waals surface area contributed by atoms with Crippen LogP contribution in [0.2, 0.25) is 6.04 Å². The highest BCUT2D eigenvalue weighted by Crippen LogP contribution is 2.27. The van der Waals surface area contributed by atoms with Gasteiger partial charge in [0, 0.05) is 5.57 Å². The number of rotatable bonds is 10. The van der Waals surface area contributed by atoms with Crippen LogP contribution in [-0.4, -0.2) is 18.6 Å². The molecule has 2 nitrogen and oxygen atoms in total. The van der Waals surface area contributed by atoms with Crippen LogP contribution < -0.4 is 0 Å². The normalized spacial score (nSPS) is 11.3. The lowest BCUT2D eigenvalue weighted by Gasteiger charge is -2.07.